The molecule has 8 heteroatoms. The van der Waals surface area contributed by atoms with Gasteiger partial charge in [0.15, 0.2) is 0 Å². The molecule has 1 amide bonds. The van der Waals surface area contributed by atoms with E-state index in [9.17, 15) is 18.0 Å². The lowest BCUT2D eigenvalue weighted by Crippen LogP contribution is -2.14. The van der Waals surface area contributed by atoms with Gasteiger partial charge in [-0.25, -0.2) is 4.98 Å². The number of nitrogens with two attached hydrogens (primary N) is 1. The zero-order chi connectivity index (χ0) is 15.5. The van der Waals surface area contributed by atoms with E-state index in [1.165, 1.54) is 24.4 Å². The summed E-state index contributed by atoms with van der Waals surface area (Å²) in [5.74, 6) is 4.64. The van der Waals surface area contributed by atoms with Gasteiger partial charge in [0, 0.05) is 5.69 Å². The normalized spacial score (nSPS) is 11.0. The summed E-state index contributed by atoms with van der Waals surface area (Å²) in [5.41, 5.74) is 2.48. The molecule has 5 nitrogen and oxygen atoms in total. The van der Waals surface area contributed by atoms with E-state index in [-0.39, 0.29) is 11.4 Å². The highest BCUT2D eigenvalue weighted by atomic mass is 19.4. The SMILES string of the molecule is NNc1ccc(C(=O)Nc2ccc(C(F)(F)F)cc2)nc1. The summed E-state index contributed by atoms with van der Waals surface area (Å²) >= 11 is 0. The third kappa shape index (κ3) is 3.69. The molecule has 0 spiro atoms. The van der Waals surface area contributed by atoms with Gasteiger partial charge < -0.3 is 10.7 Å². The van der Waals surface area contributed by atoms with Crippen LogP contribution in [0, 0.1) is 0 Å². The molecule has 1 heterocycles. The molecule has 4 N–H and O–H groups in total. The van der Waals surface area contributed by atoms with Gasteiger partial charge in [-0.1, -0.05) is 0 Å². The fraction of sp³-hybridized carbons (Fsp3) is 0.0769. The first-order valence-corrected chi connectivity index (χ1v) is 5.81. The van der Waals surface area contributed by atoms with E-state index in [1.54, 1.807) is 6.07 Å². The molecule has 0 fully saturated rings. The number of anilines is 2. The van der Waals surface area contributed by atoms with Gasteiger partial charge in [0.25, 0.3) is 5.91 Å². The highest BCUT2D eigenvalue weighted by Crippen LogP contribution is 2.29. The Bertz CT molecular complexity index is 623. The highest BCUT2D eigenvalue weighted by Gasteiger charge is 2.29. The van der Waals surface area contributed by atoms with Crippen LogP contribution >= 0.6 is 0 Å². The maximum Gasteiger partial charge on any atom is 0.416 e. The predicted octanol–water partition coefficient (Wildman–Crippen LogP) is 2.64. The van der Waals surface area contributed by atoms with E-state index in [0.717, 1.165) is 12.1 Å². The van der Waals surface area contributed by atoms with Crippen LogP contribution in [-0.4, -0.2) is 10.9 Å². The van der Waals surface area contributed by atoms with Crippen molar-refractivity contribution >= 4 is 17.3 Å². The Morgan fingerprint density at radius 3 is 2.14 bits per heavy atom. The largest absolute Gasteiger partial charge is 0.416 e. The van der Waals surface area contributed by atoms with E-state index in [2.05, 4.69) is 15.7 Å². The van der Waals surface area contributed by atoms with Crippen LogP contribution in [0.5, 0.6) is 0 Å². The first-order chi connectivity index (χ1) is 9.90. The van der Waals surface area contributed by atoms with Crippen molar-refractivity contribution in [3.05, 3.63) is 53.9 Å². The van der Waals surface area contributed by atoms with Crippen molar-refractivity contribution < 1.29 is 18.0 Å². The van der Waals surface area contributed by atoms with E-state index < -0.39 is 17.6 Å². The third-order valence-corrected chi connectivity index (χ3v) is 2.63. The predicted molar refractivity (Wildman–Crippen MR) is 71.4 cm³/mol. The van der Waals surface area contributed by atoms with Crippen molar-refractivity contribution in [2.45, 2.75) is 6.18 Å². The number of alkyl halides is 3. The van der Waals surface area contributed by atoms with Crippen molar-refractivity contribution in [3.63, 3.8) is 0 Å². The fourth-order valence-electron chi connectivity index (χ4n) is 1.55. The number of halogens is 3. The molecule has 2 aromatic rings. The van der Waals surface area contributed by atoms with Crippen LogP contribution in [-0.2, 0) is 6.18 Å². The summed E-state index contributed by atoms with van der Waals surface area (Å²) in [4.78, 5) is 15.7. The van der Waals surface area contributed by atoms with Gasteiger partial charge in [-0.05, 0) is 36.4 Å². The molecular weight excluding hydrogens is 285 g/mol. The summed E-state index contributed by atoms with van der Waals surface area (Å²) in [6.45, 7) is 0. The van der Waals surface area contributed by atoms with Crippen LogP contribution in [0.4, 0.5) is 24.5 Å². The Morgan fingerprint density at radius 1 is 1.05 bits per heavy atom. The summed E-state index contributed by atoms with van der Waals surface area (Å²) in [7, 11) is 0. The number of hydrogen-bond donors (Lipinski definition) is 3. The second-order valence-electron chi connectivity index (χ2n) is 4.11. The number of nitrogens with zero attached hydrogens (tertiary/aromatic N) is 1. The molecule has 0 radical (unpaired) electrons. The number of carbonyl (C=O) groups excluding carboxylic acids is 1. The van der Waals surface area contributed by atoms with Gasteiger partial charge in [-0.3, -0.25) is 10.6 Å². The molecule has 2 rings (SSSR count). The van der Waals surface area contributed by atoms with Crippen molar-refractivity contribution in [3.8, 4) is 0 Å². The number of hydrazine groups is 1. The maximum atomic E-state index is 12.4. The minimum absolute atomic E-state index is 0.119. The lowest BCUT2D eigenvalue weighted by atomic mass is 10.2. The number of carbonyl (C=O) groups is 1. The minimum atomic E-state index is -4.41. The van der Waals surface area contributed by atoms with Gasteiger partial charge in [0.1, 0.15) is 5.69 Å². The molecule has 0 saturated carbocycles. The van der Waals surface area contributed by atoms with Crippen molar-refractivity contribution in [2.75, 3.05) is 10.7 Å². The Morgan fingerprint density at radius 2 is 1.67 bits per heavy atom. The monoisotopic (exact) mass is 296 g/mol. The molecule has 1 aromatic carbocycles. The average Bonchev–Trinajstić information content (AvgIpc) is 2.47. The van der Waals surface area contributed by atoms with Gasteiger partial charge >= 0.3 is 6.18 Å². The van der Waals surface area contributed by atoms with E-state index in [0.29, 0.717) is 5.69 Å². The molecular formula is C13H11F3N4O. The number of rotatable bonds is 3. The van der Waals surface area contributed by atoms with Crippen molar-refractivity contribution in [1.82, 2.24) is 4.98 Å². The number of amides is 1. The number of pyridine rings is 1. The molecule has 0 saturated heterocycles. The Balaban J connectivity index is 2.08. The molecule has 0 aliphatic carbocycles. The number of aromatic nitrogens is 1. The molecule has 21 heavy (non-hydrogen) atoms. The van der Waals surface area contributed by atoms with Gasteiger partial charge in [0.05, 0.1) is 17.4 Å². The Labute approximate surface area is 118 Å². The fourth-order valence-corrected chi connectivity index (χ4v) is 1.55. The molecule has 0 aliphatic rings. The summed E-state index contributed by atoms with van der Waals surface area (Å²) < 4.78 is 37.2. The van der Waals surface area contributed by atoms with Crippen LogP contribution in [0.25, 0.3) is 0 Å². The molecule has 0 bridgehead atoms. The lowest BCUT2D eigenvalue weighted by molar-refractivity contribution is -0.137. The number of nitrogen functional groups attached to an aromatic ring is 1. The van der Waals surface area contributed by atoms with Crippen LogP contribution in [0.1, 0.15) is 16.1 Å². The smallest absolute Gasteiger partial charge is 0.323 e. The first kappa shape index (κ1) is 14.8. The second-order valence-corrected chi connectivity index (χ2v) is 4.11. The van der Waals surface area contributed by atoms with Gasteiger partial charge in [0.2, 0.25) is 0 Å². The van der Waals surface area contributed by atoms with Crippen LogP contribution in [0.3, 0.4) is 0 Å². The van der Waals surface area contributed by atoms with Crippen LogP contribution in [0.2, 0.25) is 0 Å². The highest BCUT2D eigenvalue weighted by molar-refractivity contribution is 6.02. The molecule has 1 aromatic heterocycles. The van der Waals surface area contributed by atoms with E-state index in [4.69, 9.17) is 5.84 Å². The first-order valence-electron chi connectivity index (χ1n) is 5.81. The van der Waals surface area contributed by atoms with E-state index >= 15 is 0 Å². The average molecular weight is 296 g/mol. The molecule has 0 atom stereocenters. The van der Waals surface area contributed by atoms with Gasteiger partial charge in [-0.2, -0.15) is 13.2 Å². The maximum absolute atomic E-state index is 12.4. The number of hydrogen-bond acceptors (Lipinski definition) is 4. The zero-order valence-electron chi connectivity index (χ0n) is 10.6. The second kappa shape index (κ2) is 5.80. The van der Waals surface area contributed by atoms with Gasteiger partial charge in [-0.15, -0.1) is 0 Å². The quantitative estimate of drug-likeness (QED) is 0.601. The summed E-state index contributed by atoms with van der Waals surface area (Å²) in [6.07, 6.45) is -3.04. The standard InChI is InChI=1S/C13H11F3N4O/c14-13(15,16)8-1-3-9(4-2-8)19-12(21)11-6-5-10(20-17)7-18-11/h1-7,20H,17H2,(H,19,21). The summed E-state index contributed by atoms with van der Waals surface area (Å²) in [5, 5.41) is 2.45. The molecule has 0 unspecified atom stereocenters. The minimum Gasteiger partial charge on any atom is -0.323 e. The zero-order valence-corrected chi connectivity index (χ0v) is 10.6. The lowest BCUT2D eigenvalue weighted by Gasteiger charge is -2.08. The summed E-state index contributed by atoms with van der Waals surface area (Å²) in [6, 6.07) is 7.13. The Kier molecular flexibility index (Phi) is 4.08. The van der Waals surface area contributed by atoms with Crippen molar-refractivity contribution in [2.24, 2.45) is 5.84 Å². The van der Waals surface area contributed by atoms with Crippen molar-refractivity contribution in [1.29, 1.82) is 0 Å². The topological polar surface area (TPSA) is 80.0 Å². The van der Waals surface area contributed by atoms with Crippen LogP contribution < -0.4 is 16.6 Å². The Hall–Kier alpha value is -2.61. The number of benzene rings is 1. The third-order valence-electron chi connectivity index (χ3n) is 2.63. The van der Waals surface area contributed by atoms with E-state index in [1.807, 2.05) is 0 Å². The molecule has 110 valence electrons. The van der Waals surface area contributed by atoms with Crippen LogP contribution in [0.15, 0.2) is 42.6 Å². The molecule has 0 aliphatic heterocycles. The number of nitrogens with one attached hydrogen (secondary N) is 2.